The van der Waals surface area contributed by atoms with Crippen LogP contribution in [0, 0.1) is 22.7 Å². The number of aliphatic hydroxyl groups excluding tert-OH is 3. The van der Waals surface area contributed by atoms with Gasteiger partial charge in [-0.3, -0.25) is 4.79 Å². The molecule has 0 aromatic carbocycles. The van der Waals surface area contributed by atoms with Crippen molar-refractivity contribution in [3.8, 4) is 0 Å². The molecule has 6 atom stereocenters. The molecule has 0 saturated heterocycles. The van der Waals surface area contributed by atoms with Crippen LogP contribution >= 0.6 is 0 Å². The first kappa shape index (κ1) is 28.9. The second-order valence-electron chi connectivity index (χ2n) is 12.2. The first-order chi connectivity index (χ1) is 17.0. The van der Waals surface area contributed by atoms with Crippen molar-refractivity contribution in [1.82, 2.24) is 0 Å². The number of ether oxygens (including phenoxy) is 1. The van der Waals surface area contributed by atoms with Crippen LogP contribution in [0.4, 0.5) is 0 Å². The summed E-state index contributed by atoms with van der Waals surface area (Å²) < 4.78 is 5.36. The maximum absolute atomic E-state index is 12.5. The lowest BCUT2D eigenvalue weighted by Gasteiger charge is -2.42. The van der Waals surface area contributed by atoms with Crippen molar-refractivity contribution in [1.29, 1.82) is 0 Å². The summed E-state index contributed by atoms with van der Waals surface area (Å²) in [5.74, 6) is 0.452. The summed E-state index contributed by atoms with van der Waals surface area (Å²) in [5.41, 5.74) is 2.73. The van der Waals surface area contributed by atoms with Gasteiger partial charge in [-0.25, -0.2) is 0 Å². The highest BCUT2D eigenvalue weighted by molar-refractivity contribution is 5.77. The lowest BCUT2D eigenvalue weighted by atomic mass is 9.62. The number of unbranched alkanes of at least 4 members (excludes halogenated alkanes) is 1. The number of rotatable bonds is 9. The van der Waals surface area contributed by atoms with Gasteiger partial charge in [0.15, 0.2) is 0 Å². The molecule has 0 aromatic heterocycles. The summed E-state index contributed by atoms with van der Waals surface area (Å²) in [5, 5.41) is 30.8. The van der Waals surface area contributed by atoms with Gasteiger partial charge >= 0.3 is 5.97 Å². The van der Waals surface area contributed by atoms with Gasteiger partial charge in [-0.2, -0.15) is 0 Å². The lowest BCUT2D eigenvalue weighted by molar-refractivity contribution is -0.158. The standard InChI is InChI=1S/C31H48O5/c1-6-7-17-36-29(35)30(3,4)28(34)15-10-21(2)26-13-14-27-23(9-8-16-31(26,27)5)12-11-22-18-24(32)20-25(33)19-22/h10-12,15,24-28,32-34H,2,6-9,13-14,16-20H2,1,3-5H3/b15-10+,23-12+/t24-,25-,26-,27+,28+,31-/m1/s1. The Labute approximate surface area is 218 Å². The quantitative estimate of drug-likeness (QED) is 0.211. The summed E-state index contributed by atoms with van der Waals surface area (Å²) in [6, 6.07) is 0. The van der Waals surface area contributed by atoms with Gasteiger partial charge in [-0.1, -0.05) is 67.9 Å². The van der Waals surface area contributed by atoms with Crippen LogP contribution in [0.15, 0.2) is 47.6 Å². The molecule has 3 fully saturated rings. The molecule has 202 valence electrons. The van der Waals surface area contributed by atoms with Crippen LogP contribution in [0.25, 0.3) is 0 Å². The first-order valence-corrected chi connectivity index (χ1v) is 14.0. The summed E-state index contributed by atoms with van der Waals surface area (Å²) in [6.45, 7) is 12.7. The second-order valence-corrected chi connectivity index (χ2v) is 12.2. The van der Waals surface area contributed by atoms with Gasteiger partial charge in [0.2, 0.25) is 0 Å². The van der Waals surface area contributed by atoms with Crippen molar-refractivity contribution in [2.75, 3.05) is 6.61 Å². The van der Waals surface area contributed by atoms with E-state index in [1.54, 1.807) is 19.9 Å². The van der Waals surface area contributed by atoms with Crippen LogP contribution in [0.2, 0.25) is 0 Å². The number of fused-ring (bicyclic) bond motifs is 1. The molecule has 0 spiro atoms. The molecule has 0 unspecified atom stereocenters. The molecule has 5 heteroatoms. The van der Waals surface area contributed by atoms with Crippen LogP contribution < -0.4 is 0 Å². The third-order valence-corrected chi connectivity index (χ3v) is 8.97. The average molecular weight is 501 g/mol. The van der Waals surface area contributed by atoms with E-state index >= 15 is 0 Å². The van der Waals surface area contributed by atoms with Crippen molar-refractivity contribution in [2.24, 2.45) is 22.7 Å². The van der Waals surface area contributed by atoms with E-state index in [4.69, 9.17) is 4.74 Å². The number of hydrogen-bond acceptors (Lipinski definition) is 5. The van der Waals surface area contributed by atoms with E-state index in [9.17, 15) is 20.1 Å². The summed E-state index contributed by atoms with van der Waals surface area (Å²) in [7, 11) is 0. The van der Waals surface area contributed by atoms with Crippen molar-refractivity contribution >= 4 is 5.97 Å². The SMILES string of the molecule is C=C(/C=C/[C@H](O)C(C)(C)C(=O)OCCCC)[C@H]1CC[C@H]2/C(=C/C=C3C[C@@H](O)C[C@H](O)C3)CCC[C@]12C. The van der Waals surface area contributed by atoms with Gasteiger partial charge in [-0.05, 0) is 88.9 Å². The van der Waals surface area contributed by atoms with Gasteiger partial charge in [0.25, 0.3) is 0 Å². The number of hydrogen-bond donors (Lipinski definition) is 3. The smallest absolute Gasteiger partial charge is 0.314 e. The lowest BCUT2D eigenvalue weighted by Crippen LogP contribution is -2.37. The normalized spacial score (nSPS) is 33.0. The van der Waals surface area contributed by atoms with E-state index in [0.29, 0.717) is 37.7 Å². The molecular weight excluding hydrogens is 452 g/mol. The van der Waals surface area contributed by atoms with E-state index in [1.165, 1.54) is 5.57 Å². The van der Waals surface area contributed by atoms with Crippen molar-refractivity contribution < 1.29 is 24.9 Å². The highest BCUT2D eigenvalue weighted by Gasteiger charge is 2.49. The van der Waals surface area contributed by atoms with Gasteiger partial charge in [-0.15, -0.1) is 0 Å². The first-order valence-electron chi connectivity index (χ1n) is 14.0. The van der Waals surface area contributed by atoms with Gasteiger partial charge < -0.3 is 20.1 Å². The number of carbonyl (C=O) groups excluding carboxylic acids is 1. The minimum Gasteiger partial charge on any atom is -0.465 e. The Morgan fingerprint density at radius 2 is 1.92 bits per heavy atom. The molecule has 0 bridgehead atoms. The number of carbonyl (C=O) groups is 1. The summed E-state index contributed by atoms with van der Waals surface area (Å²) in [6.07, 6.45) is 15.3. The summed E-state index contributed by atoms with van der Waals surface area (Å²) in [4.78, 5) is 12.5. The highest BCUT2D eigenvalue weighted by atomic mass is 16.5. The molecule has 3 rings (SSSR count). The number of aliphatic hydroxyl groups is 3. The van der Waals surface area contributed by atoms with Gasteiger partial charge in [0, 0.05) is 0 Å². The number of esters is 1. The predicted octanol–water partition coefficient (Wildman–Crippen LogP) is 5.80. The maximum atomic E-state index is 12.5. The molecule has 0 amide bonds. The van der Waals surface area contributed by atoms with Crippen LogP contribution in [0.3, 0.4) is 0 Å². The molecule has 3 saturated carbocycles. The fourth-order valence-electron chi connectivity index (χ4n) is 6.57. The molecule has 0 radical (unpaired) electrons. The largest absolute Gasteiger partial charge is 0.465 e. The molecule has 5 nitrogen and oxygen atoms in total. The fourth-order valence-corrected chi connectivity index (χ4v) is 6.57. The average Bonchev–Trinajstić information content (AvgIpc) is 3.18. The Balaban J connectivity index is 1.67. The van der Waals surface area contributed by atoms with Crippen molar-refractivity contribution in [3.63, 3.8) is 0 Å². The third-order valence-electron chi connectivity index (χ3n) is 8.97. The minimum absolute atomic E-state index is 0.120. The number of allylic oxidation sites excluding steroid dienone is 5. The van der Waals surface area contributed by atoms with E-state index in [1.807, 2.05) is 13.0 Å². The molecule has 0 aliphatic heterocycles. The Morgan fingerprint density at radius 3 is 2.58 bits per heavy atom. The maximum Gasteiger partial charge on any atom is 0.314 e. The zero-order valence-electron chi connectivity index (χ0n) is 22.8. The fraction of sp³-hybridized carbons (Fsp3) is 0.710. The summed E-state index contributed by atoms with van der Waals surface area (Å²) >= 11 is 0. The van der Waals surface area contributed by atoms with Crippen LogP contribution in [-0.2, 0) is 9.53 Å². The van der Waals surface area contributed by atoms with E-state index in [-0.39, 0.29) is 11.4 Å². The minimum atomic E-state index is -1.01. The van der Waals surface area contributed by atoms with Crippen molar-refractivity contribution in [3.05, 3.63) is 47.6 Å². The van der Waals surface area contributed by atoms with E-state index < -0.39 is 23.7 Å². The van der Waals surface area contributed by atoms with E-state index in [2.05, 4.69) is 25.7 Å². The topological polar surface area (TPSA) is 87.0 Å². The van der Waals surface area contributed by atoms with Crippen LogP contribution in [0.5, 0.6) is 0 Å². The Bertz CT molecular complexity index is 869. The second kappa shape index (κ2) is 12.2. The predicted molar refractivity (Wildman–Crippen MR) is 144 cm³/mol. The van der Waals surface area contributed by atoms with Crippen LogP contribution in [0.1, 0.15) is 91.9 Å². The van der Waals surface area contributed by atoms with Gasteiger partial charge in [0.05, 0.1) is 30.3 Å². The molecule has 0 aromatic rings. The molecule has 3 aliphatic carbocycles. The highest BCUT2D eigenvalue weighted by Crippen LogP contribution is 2.59. The zero-order chi connectivity index (χ0) is 26.5. The Morgan fingerprint density at radius 1 is 1.22 bits per heavy atom. The van der Waals surface area contributed by atoms with E-state index in [0.717, 1.165) is 56.1 Å². The molecule has 3 N–H and O–H groups in total. The van der Waals surface area contributed by atoms with Crippen molar-refractivity contribution in [2.45, 2.75) is 110 Å². The van der Waals surface area contributed by atoms with Crippen LogP contribution in [-0.4, -0.2) is 46.2 Å². The van der Waals surface area contributed by atoms with Gasteiger partial charge in [0.1, 0.15) is 0 Å². The zero-order valence-corrected chi connectivity index (χ0v) is 22.8. The molecule has 36 heavy (non-hydrogen) atoms. The molecule has 0 heterocycles. The Kier molecular flexibility index (Phi) is 9.81. The third kappa shape index (κ3) is 6.59. The molecular formula is C31H48O5. The Hall–Kier alpha value is -1.69. The molecule has 3 aliphatic rings. The monoisotopic (exact) mass is 500 g/mol.